The Bertz CT molecular complexity index is 631. The quantitative estimate of drug-likeness (QED) is 0.371. The molecule has 5 nitrogen and oxygen atoms in total. The smallest absolute Gasteiger partial charge is 0.356 e. The molecular weight excluding hydrogens is 460 g/mol. The molecule has 0 radical (unpaired) electrons. The van der Waals surface area contributed by atoms with E-state index in [-0.39, 0.29) is 43.0 Å². The highest BCUT2D eigenvalue weighted by Crippen LogP contribution is 2.29. The molecule has 1 saturated carbocycles. The Labute approximate surface area is 168 Å². The summed E-state index contributed by atoms with van der Waals surface area (Å²) in [5.41, 5.74) is -0.232. The standard InChI is InChI=1S/C17H23F3N4O.HI/c1-24(2)15(25)11-23-16(21-9-12-6-7-12)22-10-13-4-3-5-14(8-13)17(18,19)20;/h3-5,8,12H,6-7,9-11H2,1-2H3,(H2,21,22,23);1H. The Morgan fingerprint density at radius 3 is 2.54 bits per heavy atom. The Morgan fingerprint density at radius 2 is 1.96 bits per heavy atom. The topological polar surface area (TPSA) is 56.7 Å². The molecule has 9 heteroatoms. The van der Waals surface area contributed by atoms with Gasteiger partial charge in [-0.25, -0.2) is 4.99 Å². The summed E-state index contributed by atoms with van der Waals surface area (Å²) in [4.78, 5) is 17.4. The highest BCUT2D eigenvalue weighted by molar-refractivity contribution is 14.0. The van der Waals surface area contributed by atoms with Gasteiger partial charge in [0.1, 0.15) is 0 Å². The first-order chi connectivity index (χ1) is 11.8. The third kappa shape index (κ3) is 7.79. The van der Waals surface area contributed by atoms with Gasteiger partial charge in [-0.2, -0.15) is 13.2 Å². The zero-order valence-corrected chi connectivity index (χ0v) is 17.1. The van der Waals surface area contributed by atoms with Crippen molar-refractivity contribution in [3.8, 4) is 0 Å². The largest absolute Gasteiger partial charge is 0.416 e. The summed E-state index contributed by atoms with van der Waals surface area (Å²) < 4.78 is 38.3. The number of nitrogens with one attached hydrogen (secondary N) is 2. The number of amides is 1. The van der Waals surface area contributed by atoms with Gasteiger partial charge in [0, 0.05) is 20.6 Å². The van der Waals surface area contributed by atoms with Gasteiger partial charge >= 0.3 is 6.18 Å². The van der Waals surface area contributed by atoms with Crippen LogP contribution in [0.3, 0.4) is 0 Å². The zero-order valence-electron chi connectivity index (χ0n) is 14.8. The number of rotatable bonds is 6. The fourth-order valence-corrected chi connectivity index (χ4v) is 2.07. The van der Waals surface area contributed by atoms with Crippen LogP contribution in [0.1, 0.15) is 24.0 Å². The number of alkyl halides is 3. The average Bonchev–Trinajstić information content (AvgIpc) is 3.37. The molecule has 1 amide bonds. The van der Waals surface area contributed by atoms with Crippen LogP contribution in [0.15, 0.2) is 29.3 Å². The first kappa shape index (κ1) is 22.5. The molecule has 1 aliphatic carbocycles. The number of aliphatic imine (C=N–C) groups is 1. The second-order valence-corrected chi connectivity index (χ2v) is 6.33. The van der Waals surface area contributed by atoms with Gasteiger partial charge in [0.05, 0.1) is 18.7 Å². The van der Waals surface area contributed by atoms with Crippen LogP contribution in [0.2, 0.25) is 0 Å². The Hall–Kier alpha value is -1.52. The van der Waals surface area contributed by atoms with E-state index in [4.69, 9.17) is 0 Å². The van der Waals surface area contributed by atoms with Crippen LogP contribution in [0.4, 0.5) is 13.2 Å². The van der Waals surface area contributed by atoms with Gasteiger partial charge in [-0.3, -0.25) is 4.79 Å². The number of hydrogen-bond acceptors (Lipinski definition) is 2. The van der Waals surface area contributed by atoms with Crippen molar-refractivity contribution < 1.29 is 18.0 Å². The Morgan fingerprint density at radius 1 is 1.27 bits per heavy atom. The van der Waals surface area contributed by atoms with Crippen molar-refractivity contribution >= 4 is 35.8 Å². The van der Waals surface area contributed by atoms with Crippen LogP contribution in [-0.2, 0) is 17.5 Å². The van der Waals surface area contributed by atoms with E-state index < -0.39 is 11.7 Å². The molecule has 0 atom stereocenters. The van der Waals surface area contributed by atoms with Gasteiger partial charge in [-0.15, -0.1) is 24.0 Å². The van der Waals surface area contributed by atoms with Gasteiger partial charge in [-0.05, 0) is 36.5 Å². The van der Waals surface area contributed by atoms with Crippen LogP contribution < -0.4 is 10.6 Å². The van der Waals surface area contributed by atoms with E-state index in [1.54, 1.807) is 20.2 Å². The molecular formula is C17H24F3IN4O. The highest BCUT2D eigenvalue weighted by Gasteiger charge is 2.30. The molecule has 0 bridgehead atoms. The van der Waals surface area contributed by atoms with E-state index in [1.165, 1.54) is 11.0 Å². The molecule has 0 heterocycles. The molecule has 0 aliphatic heterocycles. The van der Waals surface area contributed by atoms with Crippen molar-refractivity contribution in [2.24, 2.45) is 10.9 Å². The molecule has 1 aliphatic rings. The molecule has 1 fully saturated rings. The molecule has 1 aromatic carbocycles. The molecule has 146 valence electrons. The summed E-state index contributed by atoms with van der Waals surface area (Å²) in [7, 11) is 3.31. The summed E-state index contributed by atoms with van der Waals surface area (Å²) in [5, 5.41) is 6.06. The van der Waals surface area contributed by atoms with Gasteiger partial charge in [0.2, 0.25) is 5.91 Å². The van der Waals surface area contributed by atoms with E-state index in [0.717, 1.165) is 31.5 Å². The fraction of sp³-hybridized carbons (Fsp3) is 0.529. The minimum atomic E-state index is -4.37. The predicted octanol–water partition coefficient (Wildman–Crippen LogP) is 2.86. The van der Waals surface area contributed by atoms with Crippen molar-refractivity contribution in [3.05, 3.63) is 35.4 Å². The van der Waals surface area contributed by atoms with E-state index in [9.17, 15) is 18.0 Å². The van der Waals surface area contributed by atoms with E-state index in [0.29, 0.717) is 17.4 Å². The lowest BCUT2D eigenvalue weighted by molar-refractivity contribution is -0.137. The fourth-order valence-electron chi connectivity index (χ4n) is 2.07. The minimum absolute atomic E-state index is 0. The number of hydrogen-bond donors (Lipinski definition) is 2. The van der Waals surface area contributed by atoms with Crippen LogP contribution in [0.25, 0.3) is 0 Å². The van der Waals surface area contributed by atoms with Crippen molar-refractivity contribution in [1.82, 2.24) is 15.5 Å². The van der Waals surface area contributed by atoms with Gasteiger partial charge in [-0.1, -0.05) is 12.1 Å². The molecule has 0 saturated heterocycles. The average molecular weight is 484 g/mol. The third-order valence-corrected chi connectivity index (χ3v) is 3.84. The lowest BCUT2D eigenvalue weighted by Gasteiger charge is -2.15. The predicted molar refractivity (Wildman–Crippen MR) is 105 cm³/mol. The van der Waals surface area contributed by atoms with Crippen molar-refractivity contribution in [3.63, 3.8) is 0 Å². The number of carbonyl (C=O) groups excluding carboxylic acids is 1. The first-order valence-corrected chi connectivity index (χ1v) is 8.14. The lowest BCUT2D eigenvalue weighted by Crippen LogP contribution is -2.43. The number of halogens is 4. The minimum Gasteiger partial charge on any atom is -0.356 e. The van der Waals surface area contributed by atoms with Gasteiger partial charge in [0.25, 0.3) is 0 Å². The second-order valence-electron chi connectivity index (χ2n) is 6.33. The maximum absolute atomic E-state index is 12.8. The van der Waals surface area contributed by atoms with Gasteiger partial charge in [0.15, 0.2) is 5.96 Å². The molecule has 26 heavy (non-hydrogen) atoms. The summed E-state index contributed by atoms with van der Waals surface area (Å²) in [5.74, 6) is 0.921. The summed E-state index contributed by atoms with van der Waals surface area (Å²) >= 11 is 0. The number of benzene rings is 1. The molecule has 0 spiro atoms. The maximum Gasteiger partial charge on any atom is 0.416 e. The number of likely N-dealkylation sites (N-methyl/N-ethyl adjacent to an activating group) is 1. The SMILES string of the molecule is CN(C)C(=O)CNC(=NCc1cccc(C(F)(F)F)c1)NCC1CC1.I. The maximum atomic E-state index is 12.8. The number of nitrogens with zero attached hydrogens (tertiary/aromatic N) is 2. The van der Waals surface area contributed by atoms with Crippen LogP contribution in [0, 0.1) is 5.92 Å². The van der Waals surface area contributed by atoms with Crippen molar-refractivity contribution in [1.29, 1.82) is 0 Å². The Kier molecular flexibility index (Phi) is 8.65. The number of carbonyl (C=O) groups is 1. The van der Waals surface area contributed by atoms with E-state index in [2.05, 4.69) is 15.6 Å². The van der Waals surface area contributed by atoms with Crippen molar-refractivity contribution in [2.45, 2.75) is 25.6 Å². The van der Waals surface area contributed by atoms with Crippen LogP contribution in [0.5, 0.6) is 0 Å². The monoisotopic (exact) mass is 484 g/mol. The molecule has 0 aromatic heterocycles. The normalized spacial score (nSPS) is 14.4. The first-order valence-electron chi connectivity index (χ1n) is 8.14. The molecule has 2 N–H and O–H groups in total. The van der Waals surface area contributed by atoms with Crippen molar-refractivity contribution in [2.75, 3.05) is 27.2 Å². The second kappa shape index (κ2) is 9.98. The summed E-state index contributed by atoms with van der Waals surface area (Å²) in [6.45, 7) is 0.913. The highest BCUT2D eigenvalue weighted by atomic mass is 127. The molecule has 1 aromatic rings. The summed E-state index contributed by atoms with van der Waals surface area (Å²) in [6, 6.07) is 5.09. The Balaban J connectivity index is 0.00000338. The zero-order chi connectivity index (χ0) is 18.4. The van der Waals surface area contributed by atoms with Gasteiger partial charge < -0.3 is 15.5 Å². The van der Waals surface area contributed by atoms with E-state index >= 15 is 0 Å². The summed E-state index contributed by atoms with van der Waals surface area (Å²) in [6.07, 6.45) is -2.06. The molecule has 0 unspecified atom stereocenters. The number of guanidine groups is 1. The third-order valence-electron chi connectivity index (χ3n) is 3.84. The lowest BCUT2D eigenvalue weighted by atomic mass is 10.1. The van der Waals surface area contributed by atoms with Crippen LogP contribution >= 0.6 is 24.0 Å². The van der Waals surface area contributed by atoms with E-state index in [1.807, 2.05) is 0 Å². The van der Waals surface area contributed by atoms with Crippen LogP contribution in [-0.4, -0.2) is 44.0 Å². The molecule has 2 rings (SSSR count).